The molecular weight excluding hydrogens is 631 g/mol. The number of rotatable bonds is 5. The number of fused-ring (bicyclic) bond motifs is 5. The number of hydrogen-bond acceptors (Lipinski definition) is 3. The molecule has 3 heteroatoms. The molecule has 52 heavy (non-hydrogen) atoms. The molecule has 0 aliphatic rings. The molecule has 3 nitrogen and oxygen atoms in total. The molecule has 10 rings (SSSR count). The van der Waals surface area contributed by atoms with Crippen molar-refractivity contribution in [2.75, 3.05) is 0 Å². The van der Waals surface area contributed by atoms with Crippen LogP contribution in [0, 0.1) is 0 Å². The summed E-state index contributed by atoms with van der Waals surface area (Å²) in [5.74, 6) is 0.683. The van der Waals surface area contributed by atoms with Crippen LogP contribution < -0.4 is 0 Å². The summed E-state index contributed by atoms with van der Waals surface area (Å²) in [6, 6.07) is 66.3. The molecule has 0 unspecified atom stereocenters. The van der Waals surface area contributed by atoms with E-state index in [1.54, 1.807) is 0 Å². The summed E-state index contributed by atoms with van der Waals surface area (Å²) in [5.41, 5.74) is 10.0. The van der Waals surface area contributed by atoms with Gasteiger partial charge >= 0.3 is 0 Å². The standard InChI is InChI=1S/C49H31N3/c1-2-14-35(15-3-1)45-30-43(48-42-20-9-8-13-34(42)25-26-44(48)50-45)38-18-10-19-41(29-38)49-51-46(39-23-21-32-11-4-6-16-36(32)27-39)31-47(52-49)40-24-22-33-12-5-7-17-37(33)28-40/h1-31H. The quantitative estimate of drug-likeness (QED) is 0.172. The van der Waals surface area contributed by atoms with Crippen LogP contribution in [0.15, 0.2) is 188 Å². The molecule has 10 aromatic rings. The average molecular weight is 662 g/mol. The van der Waals surface area contributed by atoms with Crippen LogP contribution in [-0.4, -0.2) is 15.0 Å². The zero-order chi connectivity index (χ0) is 34.4. The van der Waals surface area contributed by atoms with Gasteiger partial charge in [-0.1, -0.05) is 152 Å². The van der Waals surface area contributed by atoms with Gasteiger partial charge in [-0.3, -0.25) is 0 Å². The van der Waals surface area contributed by atoms with E-state index < -0.39 is 0 Å². The zero-order valence-corrected chi connectivity index (χ0v) is 28.2. The van der Waals surface area contributed by atoms with Gasteiger partial charge in [0.2, 0.25) is 0 Å². The van der Waals surface area contributed by atoms with Gasteiger partial charge in [0.05, 0.1) is 22.6 Å². The minimum absolute atomic E-state index is 0.683. The lowest BCUT2D eigenvalue weighted by atomic mass is 9.93. The van der Waals surface area contributed by atoms with E-state index in [9.17, 15) is 0 Å². The molecule has 0 aliphatic heterocycles. The third kappa shape index (κ3) is 5.37. The molecule has 0 saturated heterocycles. The molecule has 0 fully saturated rings. The first-order valence-electron chi connectivity index (χ1n) is 17.6. The minimum atomic E-state index is 0.683. The van der Waals surface area contributed by atoms with Gasteiger partial charge in [-0.15, -0.1) is 0 Å². The first-order chi connectivity index (χ1) is 25.7. The van der Waals surface area contributed by atoms with Crippen molar-refractivity contribution in [2.24, 2.45) is 0 Å². The van der Waals surface area contributed by atoms with Gasteiger partial charge in [-0.2, -0.15) is 0 Å². The van der Waals surface area contributed by atoms with E-state index >= 15 is 0 Å². The van der Waals surface area contributed by atoms with Crippen molar-refractivity contribution in [1.82, 2.24) is 15.0 Å². The second-order valence-corrected chi connectivity index (χ2v) is 13.3. The van der Waals surface area contributed by atoms with Crippen LogP contribution in [-0.2, 0) is 0 Å². The fourth-order valence-corrected chi connectivity index (χ4v) is 7.39. The van der Waals surface area contributed by atoms with E-state index in [-0.39, 0.29) is 0 Å². The third-order valence-corrected chi connectivity index (χ3v) is 10.0. The third-order valence-electron chi connectivity index (χ3n) is 10.0. The first kappa shape index (κ1) is 29.9. The van der Waals surface area contributed by atoms with E-state index in [2.05, 4.69) is 182 Å². The summed E-state index contributed by atoms with van der Waals surface area (Å²) in [6.45, 7) is 0. The summed E-state index contributed by atoms with van der Waals surface area (Å²) in [7, 11) is 0. The molecule has 0 bridgehead atoms. The van der Waals surface area contributed by atoms with E-state index in [0.717, 1.165) is 61.4 Å². The van der Waals surface area contributed by atoms with Crippen molar-refractivity contribution < 1.29 is 0 Å². The molecule has 0 radical (unpaired) electrons. The number of nitrogens with zero attached hydrogens (tertiary/aromatic N) is 3. The Kier molecular flexibility index (Phi) is 7.14. The highest BCUT2D eigenvalue weighted by molar-refractivity contribution is 6.14. The Hall–Kier alpha value is -6.97. The lowest BCUT2D eigenvalue weighted by Crippen LogP contribution is -1.97. The molecule has 2 aromatic heterocycles. The Morgan fingerprint density at radius 1 is 0.288 bits per heavy atom. The van der Waals surface area contributed by atoms with Crippen LogP contribution in [0.2, 0.25) is 0 Å². The SMILES string of the molecule is c1ccc(-c2cc(-c3cccc(-c4nc(-c5ccc6ccccc6c5)cc(-c5ccc6ccccc6c5)n4)c3)c3c(ccc4ccccc43)n2)cc1. The first-order valence-corrected chi connectivity index (χ1v) is 17.6. The van der Waals surface area contributed by atoms with Gasteiger partial charge < -0.3 is 0 Å². The van der Waals surface area contributed by atoms with Crippen LogP contribution in [0.5, 0.6) is 0 Å². The topological polar surface area (TPSA) is 38.7 Å². The summed E-state index contributed by atoms with van der Waals surface area (Å²) in [6.07, 6.45) is 0. The monoisotopic (exact) mass is 661 g/mol. The summed E-state index contributed by atoms with van der Waals surface area (Å²) < 4.78 is 0. The van der Waals surface area contributed by atoms with Gasteiger partial charge in [0.15, 0.2) is 5.82 Å². The number of aromatic nitrogens is 3. The maximum Gasteiger partial charge on any atom is 0.160 e. The van der Waals surface area contributed by atoms with Crippen LogP contribution in [0.3, 0.4) is 0 Å². The smallest absolute Gasteiger partial charge is 0.160 e. The molecule has 0 N–H and O–H groups in total. The molecule has 0 saturated carbocycles. The molecular formula is C49H31N3. The highest BCUT2D eigenvalue weighted by Gasteiger charge is 2.16. The number of benzene rings is 8. The molecule has 242 valence electrons. The van der Waals surface area contributed by atoms with Crippen LogP contribution in [0.4, 0.5) is 0 Å². The average Bonchev–Trinajstić information content (AvgIpc) is 3.23. The van der Waals surface area contributed by atoms with Gasteiger partial charge in [0.25, 0.3) is 0 Å². The lowest BCUT2D eigenvalue weighted by molar-refractivity contribution is 1.18. The van der Waals surface area contributed by atoms with Crippen LogP contribution >= 0.6 is 0 Å². The molecule has 0 aliphatic carbocycles. The predicted octanol–water partition coefficient (Wildman–Crippen LogP) is 12.8. The fraction of sp³-hybridized carbons (Fsp3) is 0. The van der Waals surface area contributed by atoms with Crippen molar-refractivity contribution in [2.45, 2.75) is 0 Å². The number of pyridine rings is 1. The fourth-order valence-electron chi connectivity index (χ4n) is 7.39. The Balaban J connectivity index is 1.19. The highest BCUT2D eigenvalue weighted by atomic mass is 14.9. The van der Waals surface area contributed by atoms with Gasteiger partial charge in [0, 0.05) is 27.6 Å². The molecule has 0 amide bonds. The summed E-state index contributed by atoms with van der Waals surface area (Å²) >= 11 is 0. The maximum absolute atomic E-state index is 5.26. The van der Waals surface area contributed by atoms with Crippen molar-refractivity contribution >= 4 is 43.2 Å². The second-order valence-electron chi connectivity index (χ2n) is 13.3. The Morgan fingerprint density at radius 3 is 1.52 bits per heavy atom. The van der Waals surface area contributed by atoms with E-state index in [0.29, 0.717) is 5.82 Å². The van der Waals surface area contributed by atoms with E-state index in [1.165, 1.54) is 32.3 Å². The largest absolute Gasteiger partial charge is 0.248 e. The van der Waals surface area contributed by atoms with Gasteiger partial charge in [-0.25, -0.2) is 15.0 Å². The number of hydrogen-bond donors (Lipinski definition) is 0. The molecule has 0 atom stereocenters. The summed E-state index contributed by atoms with van der Waals surface area (Å²) in [4.78, 5) is 15.7. The second kappa shape index (κ2) is 12.4. The van der Waals surface area contributed by atoms with E-state index in [4.69, 9.17) is 15.0 Å². The maximum atomic E-state index is 5.26. The highest BCUT2D eigenvalue weighted by Crippen LogP contribution is 2.38. The molecule has 8 aromatic carbocycles. The van der Waals surface area contributed by atoms with Crippen molar-refractivity contribution in [3.8, 4) is 56.3 Å². The Bertz CT molecular complexity index is 2870. The van der Waals surface area contributed by atoms with E-state index in [1.807, 2.05) is 6.07 Å². The Labute approximate surface area is 301 Å². The van der Waals surface area contributed by atoms with Gasteiger partial charge in [0.1, 0.15) is 0 Å². The Morgan fingerprint density at radius 2 is 0.827 bits per heavy atom. The molecule has 0 spiro atoms. The normalized spacial score (nSPS) is 11.5. The van der Waals surface area contributed by atoms with Crippen molar-refractivity contribution in [1.29, 1.82) is 0 Å². The predicted molar refractivity (Wildman–Crippen MR) is 217 cm³/mol. The van der Waals surface area contributed by atoms with Crippen molar-refractivity contribution in [3.05, 3.63) is 188 Å². The summed E-state index contributed by atoms with van der Waals surface area (Å²) in [5, 5.41) is 8.28. The molecule has 2 heterocycles. The van der Waals surface area contributed by atoms with Crippen LogP contribution in [0.1, 0.15) is 0 Å². The minimum Gasteiger partial charge on any atom is -0.248 e. The van der Waals surface area contributed by atoms with Crippen molar-refractivity contribution in [3.63, 3.8) is 0 Å². The van der Waals surface area contributed by atoms with Crippen LogP contribution in [0.25, 0.3) is 99.5 Å². The van der Waals surface area contributed by atoms with Gasteiger partial charge in [-0.05, 0) is 79.8 Å². The lowest BCUT2D eigenvalue weighted by Gasteiger charge is -2.14. The zero-order valence-electron chi connectivity index (χ0n) is 28.2.